The van der Waals surface area contributed by atoms with Crippen molar-refractivity contribution >= 4 is 5.91 Å². The molecule has 1 aliphatic carbocycles. The number of carbonyl (C=O) groups is 1. The van der Waals surface area contributed by atoms with E-state index in [2.05, 4.69) is 5.32 Å². The molecule has 1 saturated carbocycles. The fourth-order valence-corrected chi connectivity index (χ4v) is 2.39. The topological polar surface area (TPSA) is 58.6 Å². The lowest BCUT2D eigenvalue weighted by Crippen LogP contribution is -2.46. The summed E-state index contributed by atoms with van der Waals surface area (Å²) in [5.74, 6) is 0.552. The lowest BCUT2D eigenvalue weighted by molar-refractivity contribution is -0.125. The lowest BCUT2D eigenvalue weighted by Gasteiger charge is -2.28. The molecule has 0 spiro atoms. The van der Waals surface area contributed by atoms with E-state index in [1.807, 2.05) is 31.2 Å². The van der Waals surface area contributed by atoms with Crippen molar-refractivity contribution in [1.29, 1.82) is 0 Å². The molecule has 104 valence electrons. The van der Waals surface area contributed by atoms with E-state index in [9.17, 15) is 9.90 Å². The maximum absolute atomic E-state index is 11.8. The van der Waals surface area contributed by atoms with Gasteiger partial charge in [-0.15, -0.1) is 0 Å². The maximum atomic E-state index is 11.8. The van der Waals surface area contributed by atoms with Crippen molar-refractivity contribution in [2.45, 2.75) is 44.8 Å². The summed E-state index contributed by atoms with van der Waals surface area (Å²) >= 11 is 0. The van der Waals surface area contributed by atoms with Crippen LogP contribution in [0.5, 0.6) is 5.75 Å². The van der Waals surface area contributed by atoms with E-state index in [4.69, 9.17) is 4.74 Å². The van der Waals surface area contributed by atoms with Crippen molar-refractivity contribution < 1.29 is 14.6 Å². The lowest BCUT2D eigenvalue weighted by atomic mass is 9.92. The molecule has 0 aliphatic heterocycles. The highest BCUT2D eigenvalue weighted by atomic mass is 16.5. The molecule has 0 radical (unpaired) electrons. The summed E-state index contributed by atoms with van der Waals surface area (Å²) in [7, 11) is 0. The second-order valence-electron chi connectivity index (χ2n) is 5.08. The Hall–Kier alpha value is -1.55. The molecule has 19 heavy (non-hydrogen) atoms. The van der Waals surface area contributed by atoms with E-state index >= 15 is 0 Å². The minimum Gasteiger partial charge on any atom is -0.484 e. The Labute approximate surface area is 113 Å². The monoisotopic (exact) mass is 263 g/mol. The Morgan fingerprint density at radius 1 is 1.37 bits per heavy atom. The molecular weight excluding hydrogens is 242 g/mol. The number of nitrogens with one attached hydrogen (secondary N) is 1. The van der Waals surface area contributed by atoms with Crippen molar-refractivity contribution in [3.05, 3.63) is 29.8 Å². The molecule has 1 amide bonds. The quantitative estimate of drug-likeness (QED) is 0.870. The third-order valence-electron chi connectivity index (χ3n) is 3.53. The first kappa shape index (κ1) is 13.9. The molecule has 2 N–H and O–H groups in total. The van der Waals surface area contributed by atoms with Gasteiger partial charge in [-0.25, -0.2) is 0 Å². The molecule has 0 bridgehead atoms. The zero-order valence-corrected chi connectivity index (χ0v) is 11.3. The van der Waals surface area contributed by atoms with Crippen LogP contribution in [0, 0.1) is 6.92 Å². The van der Waals surface area contributed by atoms with E-state index < -0.39 is 6.10 Å². The van der Waals surface area contributed by atoms with Crippen LogP contribution in [0.3, 0.4) is 0 Å². The molecule has 4 heteroatoms. The van der Waals surface area contributed by atoms with Gasteiger partial charge in [-0.1, -0.05) is 31.0 Å². The van der Waals surface area contributed by atoms with Gasteiger partial charge in [0.25, 0.3) is 5.91 Å². The molecular formula is C15H21NO3. The number of aliphatic hydroxyl groups is 1. The predicted molar refractivity (Wildman–Crippen MR) is 73.1 cm³/mol. The number of carbonyl (C=O) groups excluding carboxylic acids is 1. The van der Waals surface area contributed by atoms with Crippen LogP contribution in [0.15, 0.2) is 24.3 Å². The molecule has 2 unspecified atom stereocenters. The number of ether oxygens (including phenoxy) is 1. The highest BCUT2D eigenvalue weighted by Crippen LogP contribution is 2.19. The third-order valence-corrected chi connectivity index (χ3v) is 3.53. The van der Waals surface area contributed by atoms with Crippen LogP contribution in [-0.2, 0) is 4.79 Å². The summed E-state index contributed by atoms with van der Waals surface area (Å²) in [6, 6.07) is 7.48. The average Bonchev–Trinajstić information content (AvgIpc) is 2.40. The van der Waals surface area contributed by atoms with Crippen LogP contribution in [0.1, 0.15) is 31.2 Å². The molecule has 0 aromatic heterocycles. The van der Waals surface area contributed by atoms with E-state index in [0.717, 1.165) is 37.0 Å². The van der Waals surface area contributed by atoms with Gasteiger partial charge in [-0.05, 0) is 31.4 Å². The predicted octanol–water partition coefficient (Wildman–Crippen LogP) is 1.79. The number of aliphatic hydroxyl groups excluding tert-OH is 1. The minimum absolute atomic E-state index is 0.00588. The number of amides is 1. The van der Waals surface area contributed by atoms with E-state index in [-0.39, 0.29) is 18.6 Å². The number of aryl methyl sites for hydroxylation is 1. The van der Waals surface area contributed by atoms with Crippen LogP contribution in [0.25, 0.3) is 0 Å². The smallest absolute Gasteiger partial charge is 0.258 e. The molecule has 0 saturated heterocycles. The first-order chi connectivity index (χ1) is 9.16. The van der Waals surface area contributed by atoms with Gasteiger partial charge in [0.05, 0.1) is 12.1 Å². The normalized spacial score (nSPS) is 22.8. The number of hydrogen-bond acceptors (Lipinski definition) is 3. The summed E-state index contributed by atoms with van der Waals surface area (Å²) < 4.78 is 5.48. The molecule has 1 aliphatic rings. The van der Waals surface area contributed by atoms with Gasteiger partial charge in [-0.2, -0.15) is 0 Å². The van der Waals surface area contributed by atoms with Crippen LogP contribution in [-0.4, -0.2) is 29.8 Å². The molecule has 4 nitrogen and oxygen atoms in total. The van der Waals surface area contributed by atoms with Gasteiger partial charge in [0.1, 0.15) is 5.75 Å². The largest absolute Gasteiger partial charge is 0.484 e. The van der Waals surface area contributed by atoms with Gasteiger partial charge in [0.15, 0.2) is 6.61 Å². The average molecular weight is 263 g/mol. The van der Waals surface area contributed by atoms with Gasteiger partial charge < -0.3 is 15.2 Å². The minimum atomic E-state index is -0.420. The Morgan fingerprint density at radius 2 is 2.11 bits per heavy atom. The number of hydrogen-bond donors (Lipinski definition) is 2. The number of para-hydroxylation sites is 1. The zero-order chi connectivity index (χ0) is 13.7. The Bertz CT molecular complexity index is 433. The summed E-state index contributed by atoms with van der Waals surface area (Å²) in [6.45, 7) is 1.94. The van der Waals surface area contributed by atoms with Gasteiger partial charge >= 0.3 is 0 Å². The molecule has 2 atom stereocenters. The SMILES string of the molecule is Cc1ccccc1OCC(=O)NC1CCCCC1O. The van der Waals surface area contributed by atoms with Crippen LogP contribution < -0.4 is 10.1 Å². The first-order valence-corrected chi connectivity index (χ1v) is 6.82. The van der Waals surface area contributed by atoms with Gasteiger partial charge in [-0.3, -0.25) is 4.79 Å². The van der Waals surface area contributed by atoms with E-state index in [1.54, 1.807) is 0 Å². The molecule has 2 rings (SSSR count). The van der Waals surface area contributed by atoms with Crippen molar-refractivity contribution in [1.82, 2.24) is 5.32 Å². The van der Waals surface area contributed by atoms with Crippen LogP contribution in [0.4, 0.5) is 0 Å². The standard InChI is InChI=1S/C15H21NO3/c1-11-6-2-5-9-14(11)19-10-15(18)16-12-7-3-4-8-13(12)17/h2,5-6,9,12-13,17H,3-4,7-8,10H2,1H3,(H,16,18). The van der Waals surface area contributed by atoms with Gasteiger partial charge in [0.2, 0.25) is 0 Å². The van der Waals surface area contributed by atoms with Crippen molar-refractivity contribution in [2.75, 3.05) is 6.61 Å². The second-order valence-corrected chi connectivity index (χ2v) is 5.08. The fraction of sp³-hybridized carbons (Fsp3) is 0.533. The first-order valence-electron chi connectivity index (χ1n) is 6.82. The molecule has 1 aromatic rings. The highest BCUT2D eigenvalue weighted by molar-refractivity contribution is 5.78. The summed E-state index contributed by atoms with van der Waals surface area (Å²) in [6.07, 6.45) is 3.28. The van der Waals surface area contributed by atoms with E-state index in [0.29, 0.717) is 0 Å². The van der Waals surface area contributed by atoms with Crippen molar-refractivity contribution in [3.63, 3.8) is 0 Å². The Morgan fingerprint density at radius 3 is 2.84 bits per heavy atom. The van der Waals surface area contributed by atoms with Gasteiger partial charge in [0, 0.05) is 0 Å². The third kappa shape index (κ3) is 3.96. The molecule has 1 fully saturated rings. The Balaban J connectivity index is 1.80. The number of rotatable bonds is 4. The van der Waals surface area contributed by atoms with E-state index in [1.165, 1.54) is 0 Å². The molecule has 1 aromatic carbocycles. The fourth-order valence-electron chi connectivity index (χ4n) is 2.39. The summed E-state index contributed by atoms with van der Waals surface area (Å²) in [5, 5.41) is 12.6. The van der Waals surface area contributed by atoms with Crippen LogP contribution >= 0.6 is 0 Å². The van der Waals surface area contributed by atoms with Crippen LogP contribution in [0.2, 0.25) is 0 Å². The van der Waals surface area contributed by atoms with Crippen molar-refractivity contribution in [2.24, 2.45) is 0 Å². The zero-order valence-electron chi connectivity index (χ0n) is 11.3. The Kier molecular flexibility index (Phi) is 4.80. The van der Waals surface area contributed by atoms with Crippen molar-refractivity contribution in [3.8, 4) is 5.75 Å². The highest BCUT2D eigenvalue weighted by Gasteiger charge is 2.24. The maximum Gasteiger partial charge on any atom is 0.258 e. The summed E-state index contributed by atoms with van der Waals surface area (Å²) in [4.78, 5) is 11.8. The summed E-state index contributed by atoms with van der Waals surface area (Å²) in [5.41, 5.74) is 1.01. The molecule has 0 heterocycles. The second kappa shape index (κ2) is 6.57. The number of benzene rings is 1.